The number of halogens is 2. The zero-order valence-electron chi connectivity index (χ0n) is 13.0. The molecule has 1 heterocycles. The zero-order valence-corrected chi connectivity index (χ0v) is 14.5. The van der Waals surface area contributed by atoms with Crippen LogP contribution in [0.2, 0.25) is 0 Å². The van der Waals surface area contributed by atoms with E-state index in [1.54, 1.807) is 6.20 Å². The summed E-state index contributed by atoms with van der Waals surface area (Å²) in [5.74, 6) is -0.149. The monoisotopic (exact) mass is 373 g/mol. The molecule has 0 radical (unpaired) electrons. The van der Waals surface area contributed by atoms with Gasteiger partial charge < -0.3 is 15.4 Å². The van der Waals surface area contributed by atoms with Gasteiger partial charge in [0.2, 0.25) is 0 Å². The van der Waals surface area contributed by atoms with Gasteiger partial charge >= 0.3 is 6.09 Å². The largest absolute Gasteiger partial charge is 0.444 e. The van der Waals surface area contributed by atoms with Crippen LogP contribution in [-0.2, 0) is 4.74 Å². The maximum atomic E-state index is 13.8. The van der Waals surface area contributed by atoms with Gasteiger partial charge in [-0.25, -0.2) is 14.2 Å². The van der Waals surface area contributed by atoms with Crippen molar-refractivity contribution in [3.63, 3.8) is 0 Å². The van der Waals surface area contributed by atoms with Gasteiger partial charge in [0, 0.05) is 22.8 Å². The number of pyridine rings is 1. The van der Waals surface area contributed by atoms with E-state index in [9.17, 15) is 9.18 Å². The predicted octanol–water partition coefficient (Wildman–Crippen LogP) is 3.84. The highest BCUT2D eigenvalue weighted by Gasteiger charge is 2.28. The van der Waals surface area contributed by atoms with Gasteiger partial charge in [0.25, 0.3) is 0 Å². The summed E-state index contributed by atoms with van der Waals surface area (Å²) in [6.45, 7) is 5.48. The van der Waals surface area contributed by atoms with Gasteiger partial charge in [0.05, 0.1) is 0 Å². The molecule has 0 bridgehead atoms. The van der Waals surface area contributed by atoms with Crippen molar-refractivity contribution in [2.75, 3.05) is 5.32 Å². The Morgan fingerprint density at radius 3 is 2.73 bits per heavy atom. The Labute approximate surface area is 138 Å². The van der Waals surface area contributed by atoms with Crippen LogP contribution in [0.3, 0.4) is 0 Å². The fourth-order valence-electron chi connectivity index (χ4n) is 2.43. The SMILES string of the molecule is CC(C)(C)OC(=O)N[C@H]1CC[C@H](Nc2ncc(Br)cc2F)C1. The molecule has 7 heteroatoms. The predicted molar refractivity (Wildman–Crippen MR) is 86.3 cm³/mol. The van der Waals surface area contributed by atoms with Crippen LogP contribution >= 0.6 is 15.9 Å². The van der Waals surface area contributed by atoms with Gasteiger partial charge in [-0.15, -0.1) is 0 Å². The third kappa shape index (κ3) is 5.12. The molecule has 1 aliphatic rings. The molecule has 1 aromatic rings. The maximum absolute atomic E-state index is 13.8. The number of rotatable bonds is 3. The van der Waals surface area contributed by atoms with E-state index in [0.29, 0.717) is 4.47 Å². The first-order valence-electron chi connectivity index (χ1n) is 7.30. The average Bonchev–Trinajstić information content (AvgIpc) is 2.77. The lowest BCUT2D eigenvalue weighted by atomic mass is 10.2. The first-order chi connectivity index (χ1) is 10.2. The molecule has 22 heavy (non-hydrogen) atoms. The molecule has 0 aromatic carbocycles. The van der Waals surface area contributed by atoms with Gasteiger partial charge in [0.15, 0.2) is 11.6 Å². The number of amides is 1. The minimum Gasteiger partial charge on any atom is -0.444 e. The van der Waals surface area contributed by atoms with Crippen LogP contribution in [0.5, 0.6) is 0 Å². The second-order valence-electron chi connectivity index (χ2n) is 6.48. The molecule has 1 aliphatic carbocycles. The summed E-state index contributed by atoms with van der Waals surface area (Å²) >= 11 is 3.18. The van der Waals surface area contributed by atoms with E-state index in [-0.39, 0.29) is 17.9 Å². The van der Waals surface area contributed by atoms with E-state index in [1.165, 1.54) is 6.07 Å². The van der Waals surface area contributed by atoms with E-state index < -0.39 is 17.5 Å². The molecule has 1 aromatic heterocycles. The molecule has 2 atom stereocenters. The standard InChI is InChI=1S/C15H21BrFN3O2/c1-15(2,3)22-14(21)20-11-5-4-10(7-11)19-13-12(17)6-9(16)8-18-13/h6,8,10-11H,4-5,7H2,1-3H3,(H,18,19)(H,20,21)/t10-,11-/m0/s1. The van der Waals surface area contributed by atoms with Crippen molar-refractivity contribution in [3.05, 3.63) is 22.6 Å². The molecule has 0 unspecified atom stereocenters. The van der Waals surface area contributed by atoms with Crippen LogP contribution in [0, 0.1) is 5.82 Å². The van der Waals surface area contributed by atoms with Crippen LogP contribution in [-0.4, -0.2) is 28.8 Å². The number of aromatic nitrogens is 1. The highest BCUT2D eigenvalue weighted by molar-refractivity contribution is 9.10. The number of nitrogens with zero attached hydrogens (tertiary/aromatic N) is 1. The third-order valence-corrected chi connectivity index (χ3v) is 3.74. The summed E-state index contributed by atoms with van der Waals surface area (Å²) in [5.41, 5.74) is -0.509. The smallest absolute Gasteiger partial charge is 0.407 e. The normalized spacial score (nSPS) is 21.5. The molecule has 5 nitrogen and oxygen atoms in total. The lowest BCUT2D eigenvalue weighted by Crippen LogP contribution is -2.38. The molecule has 1 saturated carbocycles. The summed E-state index contributed by atoms with van der Waals surface area (Å²) in [6, 6.07) is 1.50. The molecular formula is C15H21BrFN3O2. The number of anilines is 1. The minimum atomic E-state index is -0.509. The van der Waals surface area contributed by atoms with E-state index in [1.807, 2.05) is 20.8 Å². The van der Waals surface area contributed by atoms with Gasteiger partial charge in [-0.1, -0.05) is 0 Å². The number of carbonyl (C=O) groups excluding carboxylic acids is 1. The first-order valence-corrected chi connectivity index (χ1v) is 8.09. The second-order valence-corrected chi connectivity index (χ2v) is 7.40. The summed E-state index contributed by atoms with van der Waals surface area (Å²) in [6.07, 6.45) is 3.53. The molecule has 0 aliphatic heterocycles. The van der Waals surface area contributed by atoms with E-state index in [2.05, 4.69) is 31.5 Å². The minimum absolute atomic E-state index is 0.0332. The van der Waals surface area contributed by atoms with E-state index >= 15 is 0 Å². The van der Waals surface area contributed by atoms with Crippen molar-refractivity contribution in [2.45, 2.75) is 57.7 Å². The van der Waals surface area contributed by atoms with Crippen molar-refractivity contribution in [1.82, 2.24) is 10.3 Å². The molecule has 0 spiro atoms. The summed E-state index contributed by atoms with van der Waals surface area (Å²) < 4.78 is 19.6. The lowest BCUT2D eigenvalue weighted by molar-refractivity contribution is 0.0505. The van der Waals surface area contributed by atoms with Gasteiger partial charge in [-0.05, 0) is 62.0 Å². The van der Waals surface area contributed by atoms with Crippen molar-refractivity contribution in [1.29, 1.82) is 0 Å². The van der Waals surface area contributed by atoms with Crippen LogP contribution in [0.25, 0.3) is 0 Å². The van der Waals surface area contributed by atoms with Crippen molar-refractivity contribution in [3.8, 4) is 0 Å². The number of carbonyl (C=O) groups is 1. The van der Waals surface area contributed by atoms with Crippen LogP contribution in [0.15, 0.2) is 16.7 Å². The highest BCUT2D eigenvalue weighted by Crippen LogP contribution is 2.25. The van der Waals surface area contributed by atoms with Crippen molar-refractivity contribution >= 4 is 27.8 Å². The number of hydrogen-bond donors (Lipinski definition) is 2. The fourth-order valence-corrected chi connectivity index (χ4v) is 2.74. The van der Waals surface area contributed by atoms with E-state index in [4.69, 9.17) is 4.74 Å². The Bertz CT molecular complexity index is 548. The summed E-state index contributed by atoms with van der Waals surface area (Å²) in [7, 11) is 0. The van der Waals surface area contributed by atoms with E-state index in [0.717, 1.165) is 19.3 Å². The Morgan fingerprint density at radius 1 is 1.41 bits per heavy atom. The quantitative estimate of drug-likeness (QED) is 0.844. The lowest BCUT2D eigenvalue weighted by Gasteiger charge is -2.22. The summed E-state index contributed by atoms with van der Waals surface area (Å²) in [4.78, 5) is 15.8. The van der Waals surface area contributed by atoms with Gasteiger partial charge in [-0.3, -0.25) is 0 Å². The number of alkyl carbamates (subject to hydrolysis) is 1. The van der Waals surface area contributed by atoms with Crippen LogP contribution < -0.4 is 10.6 Å². The van der Waals surface area contributed by atoms with Crippen LogP contribution in [0.4, 0.5) is 15.0 Å². The van der Waals surface area contributed by atoms with Crippen LogP contribution in [0.1, 0.15) is 40.0 Å². The second kappa shape index (κ2) is 6.81. The molecular weight excluding hydrogens is 353 g/mol. The fraction of sp³-hybridized carbons (Fsp3) is 0.600. The highest BCUT2D eigenvalue weighted by atomic mass is 79.9. The Hall–Kier alpha value is -1.37. The molecule has 1 amide bonds. The number of ether oxygens (including phenoxy) is 1. The topological polar surface area (TPSA) is 63.2 Å². The Morgan fingerprint density at radius 2 is 2.09 bits per heavy atom. The first kappa shape index (κ1) is 17.0. The number of nitrogens with one attached hydrogen (secondary N) is 2. The van der Waals surface area contributed by atoms with Gasteiger partial charge in [-0.2, -0.15) is 0 Å². The summed E-state index contributed by atoms with van der Waals surface area (Å²) in [5, 5.41) is 5.94. The Kier molecular flexibility index (Phi) is 5.26. The molecule has 1 fully saturated rings. The van der Waals surface area contributed by atoms with Gasteiger partial charge in [0.1, 0.15) is 5.60 Å². The van der Waals surface area contributed by atoms with Crippen molar-refractivity contribution in [2.24, 2.45) is 0 Å². The third-order valence-electron chi connectivity index (χ3n) is 3.30. The number of hydrogen-bond acceptors (Lipinski definition) is 4. The van der Waals surface area contributed by atoms with Crippen molar-refractivity contribution < 1.29 is 13.9 Å². The Balaban J connectivity index is 1.84. The molecule has 0 saturated heterocycles. The molecule has 122 valence electrons. The average molecular weight is 374 g/mol. The zero-order chi connectivity index (χ0) is 16.3. The molecule has 2 rings (SSSR count). The molecule has 2 N–H and O–H groups in total. The maximum Gasteiger partial charge on any atom is 0.407 e.